The second kappa shape index (κ2) is 8.53. The molecule has 5 rings (SSSR count). The molecule has 0 atom stereocenters. The van der Waals surface area contributed by atoms with Gasteiger partial charge < -0.3 is 9.72 Å². The molecule has 1 N–H and O–H groups in total. The predicted molar refractivity (Wildman–Crippen MR) is 124 cm³/mol. The molecule has 4 aromatic rings. The number of nitrogens with zero attached hydrogens (tertiary/aromatic N) is 3. The molecule has 31 heavy (non-hydrogen) atoms. The minimum absolute atomic E-state index is 0.116. The van der Waals surface area contributed by atoms with Crippen LogP contribution in [-0.4, -0.2) is 39.8 Å². The van der Waals surface area contributed by atoms with Crippen LogP contribution in [-0.2, 0) is 11.3 Å². The number of benzene rings is 2. The molecule has 0 radical (unpaired) electrons. The Morgan fingerprint density at radius 2 is 1.68 bits per heavy atom. The van der Waals surface area contributed by atoms with E-state index in [4.69, 9.17) is 16.6 Å². The zero-order chi connectivity index (χ0) is 21.2. The maximum Gasteiger partial charge on any atom is 0.221 e. The Bertz CT molecular complexity index is 1220. The Balaban J connectivity index is 1.61. The average Bonchev–Trinajstić information content (AvgIpc) is 3.02. The number of pyridine rings is 1. The smallest absolute Gasteiger partial charge is 0.221 e. The fourth-order valence-electron chi connectivity index (χ4n) is 4.07. The zero-order valence-corrected chi connectivity index (χ0v) is 17.8. The third-order valence-corrected chi connectivity index (χ3v) is 5.97. The molecule has 156 valence electrons. The monoisotopic (exact) mass is 430 g/mol. The first-order chi connectivity index (χ1) is 15.2. The number of amides is 1. The lowest BCUT2D eigenvalue weighted by Gasteiger charge is -2.19. The summed E-state index contributed by atoms with van der Waals surface area (Å²) in [6, 6.07) is 22.4. The lowest BCUT2D eigenvalue weighted by atomic mass is 10.1. The number of carbonyl (C=O) groups excluding carboxylic acids is 1. The van der Waals surface area contributed by atoms with Gasteiger partial charge in [-0.25, -0.2) is 4.98 Å². The lowest BCUT2D eigenvalue weighted by molar-refractivity contribution is -0.120. The summed E-state index contributed by atoms with van der Waals surface area (Å²) in [6.07, 6.45) is 2.68. The molecule has 1 saturated heterocycles. The highest BCUT2D eigenvalue weighted by atomic mass is 35.5. The van der Waals surface area contributed by atoms with Crippen LogP contribution in [0.1, 0.15) is 12.1 Å². The van der Waals surface area contributed by atoms with Crippen molar-refractivity contribution in [1.82, 2.24) is 19.6 Å². The number of rotatable bonds is 4. The number of imidazole rings is 1. The maximum absolute atomic E-state index is 11.8. The van der Waals surface area contributed by atoms with Gasteiger partial charge >= 0.3 is 0 Å². The minimum atomic E-state index is 0.116. The van der Waals surface area contributed by atoms with Crippen LogP contribution in [0.3, 0.4) is 0 Å². The van der Waals surface area contributed by atoms with Crippen molar-refractivity contribution >= 4 is 23.2 Å². The van der Waals surface area contributed by atoms with Gasteiger partial charge in [-0.2, -0.15) is 0 Å². The van der Waals surface area contributed by atoms with E-state index in [2.05, 4.69) is 57.2 Å². The van der Waals surface area contributed by atoms with Crippen LogP contribution in [0.5, 0.6) is 0 Å². The van der Waals surface area contributed by atoms with Gasteiger partial charge in [0, 0.05) is 49.4 Å². The minimum Gasteiger partial charge on any atom is -0.355 e. The molecule has 0 saturated carbocycles. The summed E-state index contributed by atoms with van der Waals surface area (Å²) in [6.45, 7) is 2.93. The highest BCUT2D eigenvalue weighted by Crippen LogP contribution is 2.29. The van der Waals surface area contributed by atoms with Crippen molar-refractivity contribution in [3.05, 3.63) is 83.6 Å². The summed E-state index contributed by atoms with van der Waals surface area (Å²) in [5.41, 5.74) is 6.32. The molecule has 0 bridgehead atoms. The van der Waals surface area contributed by atoms with Gasteiger partial charge in [-0.05, 0) is 35.4 Å². The van der Waals surface area contributed by atoms with Gasteiger partial charge in [-0.3, -0.25) is 9.69 Å². The Kier molecular flexibility index (Phi) is 5.45. The largest absolute Gasteiger partial charge is 0.355 e. The van der Waals surface area contributed by atoms with Crippen LogP contribution < -0.4 is 5.32 Å². The molecule has 5 nitrogen and oxygen atoms in total. The predicted octanol–water partition coefficient (Wildman–Crippen LogP) is 4.64. The first-order valence-corrected chi connectivity index (χ1v) is 10.9. The summed E-state index contributed by atoms with van der Waals surface area (Å²) >= 11 is 6.12. The van der Waals surface area contributed by atoms with Crippen molar-refractivity contribution < 1.29 is 4.79 Å². The van der Waals surface area contributed by atoms with E-state index in [0.29, 0.717) is 24.5 Å². The molecule has 0 aliphatic carbocycles. The Morgan fingerprint density at radius 3 is 2.48 bits per heavy atom. The van der Waals surface area contributed by atoms with Crippen LogP contribution in [0.25, 0.3) is 28.0 Å². The van der Waals surface area contributed by atoms with E-state index < -0.39 is 0 Å². The van der Waals surface area contributed by atoms with Gasteiger partial charge in [-0.1, -0.05) is 54.1 Å². The second-order valence-corrected chi connectivity index (χ2v) is 8.24. The maximum atomic E-state index is 11.8. The number of carbonyl (C=O) groups is 1. The molecule has 0 spiro atoms. The number of fused-ring (bicyclic) bond motifs is 1. The molecular weight excluding hydrogens is 408 g/mol. The van der Waals surface area contributed by atoms with Crippen LogP contribution in [0.4, 0.5) is 0 Å². The van der Waals surface area contributed by atoms with Gasteiger partial charge in [0.25, 0.3) is 0 Å². The van der Waals surface area contributed by atoms with E-state index >= 15 is 0 Å². The van der Waals surface area contributed by atoms with Crippen molar-refractivity contribution in [1.29, 1.82) is 0 Å². The Morgan fingerprint density at radius 1 is 0.903 bits per heavy atom. The number of hydrogen-bond acceptors (Lipinski definition) is 3. The molecule has 2 aromatic heterocycles. The molecule has 1 fully saturated rings. The third-order valence-electron chi connectivity index (χ3n) is 5.72. The highest BCUT2D eigenvalue weighted by Gasteiger charge is 2.20. The van der Waals surface area contributed by atoms with Crippen LogP contribution in [0.15, 0.2) is 72.9 Å². The standard InChI is InChI=1S/C25H23ClN4O/c26-21-9-6-19(7-10-21)25-22(17-29-14-12-24(31)27-13-15-29)30-16-20(8-11-23(30)28-25)18-4-2-1-3-5-18/h1-11,16H,12-15,17H2,(H,27,31). The normalized spacial score (nSPS) is 15.1. The number of halogens is 1. The summed E-state index contributed by atoms with van der Waals surface area (Å²) in [5, 5.41) is 3.66. The van der Waals surface area contributed by atoms with Crippen molar-refractivity contribution in [2.24, 2.45) is 0 Å². The molecule has 1 aliphatic heterocycles. The quantitative estimate of drug-likeness (QED) is 0.513. The average molecular weight is 431 g/mol. The van der Waals surface area contributed by atoms with Crippen molar-refractivity contribution in [3.8, 4) is 22.4 Å². The molecule has 6 heteroatoms. The van der Waals surface area contributed by atoms with Crippen molar-refractivity contribution in [2.45, 2.75) is 13.0 Å². The first kappa shape index (κ1) is 19.8. The van der Waals surface area contributed by atoms with E-state index in [1.807, 2.05) is 30.3 Å². The SMILES string of the molecule is O=C1CCN(Cc2c(-c3ccc(Cl)cc3)nc3ccc(-c4ccccc4)cn23)CCN1. The number of aromatic nitrogens is 2. The highest BCUT2D eigenvalue weighted by molar-refractivity contribution is 6.30. The lowest BCUT2D eigenvalue weighted by Crippen LogP contribution is -2.28. The Labute approximate surface area is 186 Å². The van der Waals surface area contributed by atoms with E-state index in [1.165, 1.54) is 5.56 Å². The summed E-state index contributed by atoms with van der Waals surface area (Å²) in [7, 11) is 0. The fraction of sp³-hybridized carbons (Fsp3) is 0.200. The molecular formula is C25H23ClN4O. The zero-order valence-electron chi connectivity index (χ0n) is 17.1. The van der Waals surface area contributed by atoms with Gasteiger partial charge in [0.15, 0.2) is 0 Å². The van der Waals surface area contributed by atoms with Gasteiger partial charge in [0.2, 0.25) is 5.91 Å². The van der Waals surface area contributed by atoms with E-state index in [-0.39, 0.29) is 5.91 Å². The molecule has 0 unspecified atom stereocenters. The molecule has 2 aromatic carbocycles. The van der Waals surface area contributed by atoms with Crippen LogP contribution >= 0.6 is 11.6 Å². The molecule has 1 aliphatic rings. The van der Waals surface area contributed by atoms with Gasteiger partial charge in [-0.15, -0.1) is 0 Å². The summed E-state index contributed by atoms with van der Waals surface area (Å²) < 4.78 is 2.19. The van der Waals surface area contributed by atoms with E-state index in [0.717, 1.165) is 41.3 Å². The van der Waals surface area contributed by atoms with E-state index in [9.17, 15) is 4.79 Å². The summed E-state index contributed by atoms with van der Waals surface area (Å²) in [4.78, 5) is 19.1. The third kappa shape index (κ3) is 4.20. The number of hydrogen-bond donors (Lipinski definition) is 1. The fourth-order valence-corrected chi connectivity index (χ4v) is 4.19. The van der Waals surface area contributed by atoms with E-state index in [1.54, 1.807) is 0 Å². The number of nitrogens with one attached hydrogen (secondary N) is 1. The van der Waals surface area contributed by atoms with Crippen molar-refractivity contribution in [3.63, 3.8) is 0 Å². The molecule has 1 amide bonds. The Hall–Kier alpha value is -3.15. The second-order valence-electron chi connectivity index (χ2n) is 7.80. The first-order valence-electron chi connectivity index (χ1n) is 10.5. The van der Waals surface area contributed by atoms with Gasteiger partial charge in [0.1, 0.15) is 5.65 Å². The molecule has 3 heterocycles. The van der Waals surface area contributed by atoms with Crippen molar-refractivity contribution in [2.75, 3.05) is 19.6 Å². The van der Waals surface area contributed by atoms with Crippen LogP contribution in [0.2, 0.25) is 5.02 Å². The van der Waals surface area contributed by atoms with Crippen LogP contribution in [0, 0.1) is 0 Å². The summed E-state index contributed by atoms with van der Waals surface area (Å²) in [5.74, 6) is 0.116. The van der Waals surface area contributed by atoms with Gasteiger partial charge in [0.05, 0.1) is 11.4 Å². The topological polar surface area (TPSA) is 49.6 Å².